The van der Waals surface area contributed by atoms with Crippen molar-refractivity contribution in [1.29, 1.82) is 0 Å². The number of aromatic nitrogens is 3. The lowest BCUT2D eigenvalue weighted by molar-refractivity contribution is -0.244. The highest BCUT2D eigenvalue weighted by atomic mass is 16.7. The first-order valence-corrected chi connectivity index (χ1v) is 14.9. The fourth-order valence-electron chi connectivity index (χ4n) is 6.15. The second-order valence-electron chi connectivity index (χ2n) is 10.8. The van der Waals surface area contributed by atoms with Crippen molar-refractivity contribution in [3.63, 3.8) is 0 Å². The quantitative estimate of drug-likeness (QED) is 0.132. The molecule has 0 aliphatic carbocycles. The van der Waals surface area contributed by atoms with Crippen LogP contribution in [0.3, 0.4) is 0 Å². The molecule has 0 bridgehead atoms. The Kier molecular flexibility index (Phi) is 9.37. The Morgan fingerprint density at radius 2 is 1.07 bits per heavy atom. The first kappa shape index (κ1) is 28.8. The number of hydrogen-bond donors (Lipinski definition) is 0. The summed E-state index contributed by atoms with van der Waals surface area (Å²) in [5.74, 6) is -1.31. The number of methoxy groups -OCH3 is 1. The van der Waals surface area contributed by atoms with E-state index in [1.54, 1.807) is 28.6 Å². The van der Waals surface area contributed by atoms with Gasteiger partial charge in [0.25, 0.3) is 0 Å². The van der Waals surface area contributed by atoms with Crippen molar-refractivity contribution >= 4 is 0 Å². The van der Waals surface area contributed by atoms with Gasteiger partial charge in [-0.1, -0.05) is 131 Å². The van der Waals surface area contributed by atoms with Gasteiger partial charge >= 0.3 is 11.4 Å². The third-order valence-corrected chi connectivity index (χ3v) is 8.15. The molecule has 0 saturated heterocycles. The van der Waals surface area contributed by atoms with Gasteiger partial charge in [0, 0.05) is 7.11 Å². The number of nitrogens with zero attached hydrogens (tertiary/aromatic N) is 3. The van der Waals surface area contributed by atoms with Crippen LogP contribution in [0.1, 0.15) is 81.5 Å². The van der Waals surface area contributed by atoms with Crippen molar-refractivity contribution < 1.29 is 9.47 Å². The molecule has 3 aromatic carbocycles. The molecular weight excluding hydrogens is 514 g/mol. The fourth-order valence-corrected chi connectivity index (χ4v) is 6.15. The highest BCUT2D eigenvalue weighted by Crippen LogP contribution is 2.48. The second kappa shape index (κ2) is 13.3. The first-order valence-electron chi connectivity index (χ1n) is 14.9. The molecule has 2 unspecified atom stereocenters. The molecule has 7 nitrogen and oxygen atoms in total. The number of hydrogen-bond acceptors (Lipinski definition) is 4. The van der Waals surface area contributed by atoms with E-state index in [0.29, 0.717) is 12.3 Å². The van der Waals surface area contributed by atoms with Crippen LogP contribution in [-0.2, 0) is 9.47 Å². The van der Waals surface area contributed by atoms with Crippen molar-refractivity contribution in [2.45, 2.75) is 76.2 Å². The number of fused-ring (bicyclic) bond motifs is 1. The molecule has 5 rings (SSSR count). The van der Waals surface area contributed by atoms with Gasteiger partial charge in [0.1, 0.15) is 12.1 Å². The third kappa shape index (κ3) is 5.61. The van der Waals surface area contributed by atoms with Gasteiger partial charge in [-0.05, 0) is 29.7 Å². The highest BCUT2D eigenvalue weighted by Gasteiger charge is 2.59. The minimum Gasteiger partial charge on any atom is -0.349 e. The minimum atomic E-state index is -1.31. The molecule has 0 amide bonds. The van der Waals surface area contributed by atoms with Crippen molar-refractivity contribution in [3.05, 3.63) is 123 Å². The van der Waals surface area contributed by atoms with Crippen LogP contribution >= 0.6 is 0 Å². The van der Waals surface area contributed by atoms with Crippen LogP contribution < -0.4 is 11.4 Å². The average Bonchev–Trinajstić information content (AvgIpc) is 3.45. The Balaban J connectivity index is 1.57. The lowest BCUT2D eigenvalue weighted by Gasteiger charge is -2.38. The van der Waals surface area contributed by atoms with E-state index in [1.807, 2.05) is 78.9 Å². The molecule has 1 aromatic heterocycles. The third-order valence-electron chi connectivity index (χ3n) is 8.15. The van der Waals surface area contributed by atoms with Gasteiger partial charge in [0.2, 0.25) is 5.79 Å². The monoisotopic (exact) mass is 555 g/mol. The number of para-hydroxylation sites is 1. The summed E-state index contributed by atoms with van der Waals surface area (Å²) in [5.41, 5.74) is 1.35. The smallest absolute Gasteiger partial charge is 0.349 e. The number of benzene rings is 3. The molecule has 7 heteroatoms. The Labute approximate surface area is 242 Å². The van der Waals surface area contributed by atoms with Crippen LogP contribution in [0.4, 0.5) is 0 Å². The van der Waals surface area contributed by atoms with E-state index in [-0.39, 0.29) is 0 Å². The zero-order chi connectivity index (χ0) is 28.7. The van der Waals surface area contributed by atoms with Gasteiger partial charge in [0.05, 0.1) is 12.3 Å². The van der Waals surface area contributed by atoms with Gasteiger partial charge in [0.15, 0.2) is 0 Å². The van der Waals surface area contributed by atoms with E-state index in [4.69, 9.17) is 9.47 Å². The van der Waals surface area contributed by atoms with E-state index >= 15 is 0 Å². The minimum absolute atomic E-state index is 0.425. The summed E-state index contributed by atoms with van der Waals surface area (Å²) >= 11 is 0. The van der Waals surface area contributed by atoms with Crippen molar-refractivity contribution in [2.75, 3.05) is 13.7 Å². The van der Waals surface area contributed by atoms with Crippen LogP contribution in [0.2, 0.25) is 0 Å². The molecule has 0 N–H and O–H groups in total. The normalized spacial score (nSPS) is 19.9. The maximum absolute atomic E-state index is 14.2. The molecular formula is C34H41N3O4. The Bertz CT molecular complexity index is 1410. The van der Waals surface area contributed by atoms with E-state index < -0.39 is 29.3 Å². The number of unbranched alkanes of at least 4 members (excludes halogenated alkanes) is 7. The van der Waals surface area contributed by atoms with E-state index in [9.17, 15) is 9.59 Å². The molecule has 41 heavy (non-hydrogen) atoms. The molecule has 2 atom stereocenters. The van der Waals surface area contributed by atoms with Gasteiger partial charge in [-0.25, -0.2) is 23.5 Å². The molecule has 1 aliphatic rings. The summed E-state index contributed by atoms with van der Waals surface area (Å²) in [7, 11) is 1.62. The Hall–Kier alpha value is -3.68. The summed E-state index contributed by atoms with van der Waals surface area (Å²) in [6.45, 7) is 2.70. The molecule has 216 valence electrons. The van der Waals surface area contributed by atoms with Crippen molar-refractivity contribution in [3.8, 4) is 5.69 Å². The summed E-state index contributed by atoms with van der Waals surface area (Å²) in [6, 6.07) is 27.2. The summed E-state index contributed by atoms with van der Waals surface area (Å²) in [6.07, 6.45) is 9.45. The lowest BCUT2D eigenvalue weighted by atomic mass is 9.89. The fraction of sp³-hybridized carbons (Fsp3) is 0.412. The number of rotatable bonds is 14. The standard InChI is InChI=1S/C34H41N3O4/c1-3-4-5-6-7-8-9-19-26-41-34(40-2)30(27-20-13-10-14-21-27)36-32(38)35(29-24-17-12-18-25-29)33(39)37(36)31(34)28-22-15-11-16-23-28/h10-18,20-25,30-31H,3-9,19,26H2,1-2H3. The molecule has 2 heterocycles. The number of ether oxygens (including phenoxy) is 2. The summed E-state index contributed by atoms with van der Waals surface area (Å²) in [4.78, 5) is 28.3. The van der Waals surface area contributed by atoms with Crippen molar-refractivity contribution in [1.82, 2.24) is 13.9 Å². The van der Waals surface area contributed by atoms with E-state index in [0.717, 1.165) is 24.0 Å². The molecule has 1 aliphatic heterocycles. The van der Waals surface area contributed by atoms with Crippen LogP contribution in [0, 0.1) is 0 Å². The molecule has 0 spiro atoms. The maximum atomic E-state index is 14.2. The first-order chi connectivity index (χ1) is 20.1. The second-order valence-corrected chi connectivity index (χ2v) is 10.8. The largest absolute Gasteiger partial charge is 0.352 e. The highest BCUT2D eigenvalue weighted by molar-refractivity contribution is 5.35. The van der Waals surface area contributed by atoms with Crippen LogP contribution in [0.25, 0.3) is 5.69 Å². The molecule has 0 saturated carbocycles. The summed E-state index contributed by atoms with van der Waals surface area (Å²) < 4.78 is 17.4. The molecule has 4 aromatic rings. The topological polar surface area (TPSA) is 67.4 Å². The predicted octanol–water partition coefficient (Wildman–Crippen LogP) is 6.49. The average molecular weight is 556 g/mol. The Morgan fingerprint density at radius 3 is 1.54 bits per heavy atom. The van der Waals surface area contributed by atoms with Crippen molar-refractivity contribution in [2.24, 2.45) is 0 Å². The van der Waals surface area contributed by atoms with Gasteiger partial charge in [-0.2, -0.15) is 0 Å². The summed E-state index contributed by atoms with van der Waals surface area (Å²) in [5, 5.41) is 0. The van der Waals surface area contributed by atoms with Crippen LogP contribution in [-0.4, -0.2) is 33.4 Å². The van der Waals surface area contributed by atoms with Crippen LogP contribution in [0.5, 0.6) is 0 Å². The zero-order valence-electron chi connectivity index (χ0n) is 24.2. The SMILES string of the molecule is CCCCCCCCCCOC1(OC)C(c2ccccc2)n2c(=O)n(-c3ccccc3)c(=O)n2C1c1ccccc1. The van der Waals surface area contributed by atoms with Gasteiger partial charge in [-0.3, -0.25) is 0 Å². The lowest BCUT2D eigenvalue weighted by Crippen LogP contribution is -2.48. The Morgan fingerprint density at radius 1 is 0.634 bits per heavy atom. The van der Waals surface area contributed by atoms with E-state index in [2.05, 4.69) is 6.92 Å². The van der Waals surface area contributed by atoms with E-state index in [1.165, 1.54) is 43.1 Å². The maximum Gasteiger partial charge on any atom is 0.352 e. The zero-order valence-corrected chi connectivity index (χ0v) is 24.2. The van der Waals surface area contributed by atoms with Gasteiger partial charge in [-0.15, -0.1) is 0 Å². The molecule has 0 radical (unpaired) electrons. The predicted molar refractivity (Wildman–Crippen MR) is 162 cm³/mol. The van der Waals surface area contributed by atoms with Crippen LogP contribution in [0.15, 0.2) is 101 Å². The molecule has 0 fully saturated rings. The van der Waals surface area contributed by atoms with Gasteiger partial charge < -0.3 is 9.47 Å².